The van der Waals surface area contributed by atoms with Crippen molar-refractivity contribution in [2.45, 2.75) is 23.4 Å². The minimum absolute atomic E-state index is 0.170. The summed E-state index contributed by atoms with van der Waals surface area (Å²) in [5.41, 5.74) is 0.219. The fourth-order valence-corrected chi connectivity index (χ4v) is 11.9. The quantitative estimate of drug-likeness (QED) is 0.0613. The summed E-state index contributed by atoms with van der Waals surface area (Å²) in [6.45, 7) is 0. The Morgan fingerprint density at radius 1 is 0.558 bits per heavy atom. The van der Waals surface area contributed by atoms with Crippen LogP contribution in [-0.4, -0.2) is 43.5 Å². The minimum atomic E-state index is -4.67. The highest BCUT2D eigenvalue weighted by atomic mass is 32.2. The van der Waals surface area contributed by atoms with E-state index < -0.39 is 43.1 Å². The Balaban J connectivity index is 1.25. The van der Waals surface area contributed by atoms with Crippen molar-refractivity contribution in [3.63, 3.8) is 0 Å². The van der Waals surface area contributed by atoms with Crippen LogP contribution in [0.5, 0.6) is 5.75 Å². The molecule has 1 heterocycles. The maximum Gasteiger partial charge on any atom is 0.344 e. The topological polar surface area (TPSA) is 99.1 Å². The first-order valence-electron chi connectivity index (χ1n) is 16.8. The van der Waals surface area contributed by atoms with Gasteiger partial charge in [0, 0.05) is 12.3 Å². The number of ether oxygens (including phenoxy) is 3. The van der Waals surface area contributed by atoms with Crippen LogP contribution in [0, 0.1) is 0 Å². The van der Waals surface area contributed by atoms with Gasteiger partial charge in [0.25, 0.3) is 10.1 Å². The molecule has 1 aliphatic heterocycles. The number of carbonyl (C=O) groups excluding carboxylic acids is 1. The molecular formula is C42H36O7P2S. The van der Waals surface area contributed by atoms with Gasteiger partial charge in [0.2, 0.25) is 0 Å². The Kier molecular flexibility index (Phi) is 11.3. The summed E-state index contributed by atoms with van der Waals surface area (Å²) in [6, 6.07) is 54.3. The van der Waals surface area contributed by atoms with Crippen LogP contribution in [0.25, 0.3) is 0 Å². The van der Waals surface area contributed by atoms with Crippen molar-refractivity contribution in [3.8, 4) is 5.75 Å². The Hall–Kier alpha value is -4.52. The summed E-state index contributed by atoms with van der Waals surface area (Å²) < 4.78 is 53.5. The summed E-state index contributed by atoms with van der Waals surface area (Å²) in [7, 11) is -6.35. The molecule has 0 aliphatic carbocycles. The zero-order chi connectivity index (χ0) is 35.9. The highest BCUT2D eigenvalue weighted by Gasteiger charge is 2.41. The van der Waals surface area contributed by atoms with Crippen LogP contribution in [0.1, 0.15) is 22.2 Å². The molecule has 2 atom stereocenters. The lowest BCUT2D eigenvalue weighted by atomic mass is 10.2. The van der Waals surface area contributed by atoms with E-state index >= 15 is 0 Å². The van der Waals surface area contributed by atoms with E-state index in [4.69, 9.17) is 14.2 Å². The third-order valence-electron chi connectivity index (χ3n) is 8.77. The van der Waals surface area contributed by atoms with Crippen LogP contribution < -0.4 is 26.0 Å². The van der Waals surface area contributed by atoms with E-state index in [2.05, 4.69) is 97.1 Å². The van der Waals surface area contributed by atoms with Gasteiger partial charge in [0.1, 0.15) is 10.6 Å². The van der Waals surface area contributed by atoms with E-state index in [9.17, 15) is 17.8 Å². The van der Waals surface area contributed by atoms with E-state index in [0.29, 0.717) is 17.9 Å². The van der Waals surface area contributed by atoms with Gasteiger partial charge in [0.05, 0.1) is 23.3 Å². The van der Waals surface area contributed by atoms with Gasteiger partial charge in [-0.1, -0.05) is 152 Å². The summed E-state index contributed by atoms with van der Waals surface area (Å²) in [6.07, 6.45) is -0.124. The number of esters is 1. The summed E-state index contributed by atoms with van der Waals surface area (Å²) >= 11 is 0. The first-order valence-corrected chi connectivity index (χ1v) is 21.3. The maximum atomic E-state index is 13.4. The molecule has 262 valence electrons. The zero-order valence-electron chi connectivity index (χ0n) is 28.0. The van der Waals surface area contributed by atoms with E-state index in [1.165, 1.54) is 39.4 Å². The van der Waals surface area contributed by atoms with Crippen molar-refractivity contribution >= 4 is 53.1 Å². The molecular weight excluding hydrogens is 710 g/mol. The highest BCUT2D eigenvalue weighted by Crippen LogP contribution is 2.46. The fraction of sp³-hybridized carbons (Fsp3) is 0.119. The third kappa shape index (κ3) is 8.40. The molecule has 10 heteroatoms. The lowest BCUT2D eigenvalue weighted by Crippen LogP contribution is -2.33. The molecule has 1 saturated heterocycles. The first kappa shape index (κ1) is 35.9. The normalized spacial score (nSPS) is 16.3. The predicted octanol–water partition coefficient (Wildman–Crippen LogP) is 7.20. The van der Waals surface area contributed by atoms with Gasteiger partial charge in [-0.05, 0) is 55.3 Å². The standard InChI is InChI=1S/C42H36O7P2S/c43-41(36-26-14-16-28-40(36)52(44,45)46)47-37-27-15-13-25-35(37)42-48-38(29-50(31-17-5-1-6-18-31)32-19-7-2-8-20-32)39(49-42)30-51(33-21-9-3-10-22-33)34-23-11-4-12-24-34/h1-28,38-39,42H,29-30H2,(H,44,45,46)/t38-,39-/m0/s1. The molecule has 0 amide bonds. The predicted molar refractivity (Wildman–Crippen MR) is 208 cm³/mol. The summed E-state index contributed by atoms with van der Waals surface area (Å²) in [5, 5.41) is 4.92. The monoisotopic (exact) mass is 746 g/mol. The van der Waals surface area contributed by atoms with Gasteiger partial charge in [-0.3, -0.25) is 4.55 Å². The average Bonchev–Trinajstić information content (AvgIpc) is 3.59. The smallest absolute Gasteiger partial charge is 0.344 e. The number of rotatable bonds is 12. The zero-order valence-corrected chi connectivity index (χ0v) is 30.6. The molecule has 0 bridgehead atoms. The van der Waals surface area contributed by atoms with Crippen molar-refractivity contribution in [3.05, 3.63) is 181 Å². The minimum Gasteiger partial charge on any atom is -0.422 e. The van der Waals surface area contributed by atoms with Crippen molar-refractivity contribution in [2.24, 2.45) is 0 Å². The molecule has 0 radical (unpaired) electrons. The second kappa shape index (κ2) is 16.4. The lowest BCUT2D eigenvalue weighted by molar-refractivity contribution is -0.0655. The van der Waals surface area contributed by atoms with Gasteiger partial charge in [0.15, 0.2) is 6.29 Å². The molecule has 0 aromatic heterocycles. The molecule has 1 aliphatic rings. The molecule has 1 fully saturated rings. The largest absolute Gasteiger partial charge is 0.422 e. The van der Waals surface area contributed by atoms with Crippen LogP contribution in [0.3, 0.4) is 0 Å². The van der Waals surface area contributed by atoms with E-state index in [-0.39, 0.29) is 23.5 Å². The molecule has 0 spiro atoms. The summed E-state index contributed by atoms with van der Waals surface area (Å²) in [4.78, 5) is 12.9. The third-order valence-corrected chi connectivity index (χ3v) is 14.8. The number of carbonyl (C=O) groups is 1. The average molecular weight is 747 g/mol. The molecule has 7 rings (SSSR count). The summed E-state index contributed by atoms with van der Waals surface area (Å²) in [5.74, 6) is -0.760. The molecule has 0 unspecified atom stereocenters. The van der Waals surface area contributed by atoms with Gasteiger partial charge in [-0.25, -0.2) is 4.79 Å². The lowest BCUT2D eigenvalue weighted by Gasteiger charge is -2.27. The SMILES string of the molecule is O=C(Oc1ccccc1C1O[C@@H](CP(c2ccccc2)c2ccccc2)[C@H](CP(c2ccccc2)c2ccccc2)O1)c1ccccc1S(=O)(=O)O. The first-order chi connectivity index (χ1) is 25.3. The fourth-order valence-electron chi connectivity index (χ4n) is 6.29. The Morgan fingerprint density at radius 3 is 1.38 bits per heavy atom. The van der Waals surface area contributed by atoms with Gasteiger partial charge in [-0.15, -0.1) is 0 Å². The van der Waals surface area contributed by atoms with E-state index in [1.807, 2.05) is 30.3 Å². The number of hydrogen-bond donors (Lipinski definition) is 1. The Morgan fingerprint density at radius 2 is 0.942 bits per heavy atom. The van der Waals surface area contributed by atoms with Crippen LogP contribution in [-0.2, 0) is 19.6 Å². The second-order valence-corrected chi connectivity index (χ2v) is 18.0. The second-order valence-electron chi connectivity index (χ2n) is 12.1. The molecule has 6 aromatic carbocycles. The maximum absolute atomic E-state index is 13.4. The van der Waals surface area contributed by atoms with Crippen molar-refractivity contribution in [2.75, 3.05) is 12.3 Å². The number of benzene rings is 6. The number of hydrogen-bond acceptors (Lipinski definition) is 6. The molecule has 52 heavy (non-hydrogen) atoms. The Labute approximate surface area is 306 Å². The van der Waals surface area contributed by atoms with Crippen LogP contribution in [0.15, 0.2) is 175 Å². The molecule has 6 aromatic rings. The van der Waals surface area contributed by atoms with Gasteiger partial charge < -0.3 is 14.2 Å². The van der Waals surface area contributed by atoms with Crippen LogP contribution in [0.4, 0.5) is 0 Å². The van der Waals surface area contributed by atoms with Crippen molar-refractivity contribution in [1.82, 2.24) is 0 Å². The van der Waals surface area contributed by atoms with E-state index in [1.54, 1.807) is 18.2 Å². The molecule has 7 nitrogen and oxygen atoms in total. The molecule has 0 saturated carbocycles. The molecule has 1 N–H and O–H groups in total. The Bertz CT molecular complexity index is 2030. The van der Waals surface area contributed by atoms with Gasteiger partial charge in [-0.2, -0.15) is 8.42 Å². The highest BCUT2D eigenvalue weighted by molar-refractivity contribution is 7.86. The van der Waals surface area contributed by atoms with Crippen molar-refractivity contribution in [1.29, 1.82) is 0 Å². The van der Waals surface area contributed by atoms with E-state index in [0.717, 1.165) is 6.07 Å². The number of para-hydroxylation sites is 1. The van der Waals surface area contributed by atoms with Crippen LogP contribution in [0.2, 0.25) is 0 Å². The van der Waals surface area contributed by atoms with Gasteiger partial charge >= 0.3 is 5.97 Å². The van der Waals surface area contributed by atoms with Crippen molar-refractivity contribution < 1.29 is 32.0 Å². The van der Waals surface area contributed by atoms with Crippen LogP contribution >= 0.6 is 15.8 Å².